The van der Waals surface area contributed by atoms with E-state index in [1.807, 2.05) is 13.0 Å². The zero-order valence-electron chi connectivity index (χ0n) is 18.3. The zero-order valence-corrected chi connectivity index (χ0v) is 19.2. The molecule has 8 heteroatoms. The molecule has 1 saturated heterocycles. The Kier molecular flexibility index (Phi) is 6.24. The Hall–Kier alpha value is -2.87. The SMILES string of the molecule is Cc1ccc(C)c(S(=O)(=O)Oc2ccc(C(=O)N3CCCC(C(=O)NC4CC4)C3)cc2)c1. The van der Waals surface area contributed by atoms with Crippen LogP contribution < -0.4 is 9.50 Å². The van der Waals surface area contributed by atoms with E-state index in [0.29, 0.717) is 30.3 Å². The van der Waals surface area contributed by atoms with Gasteiger partial charge < -0.3 is 14.4 Å². The Morgan fingerprint density at radius 3 is 2.44 bits per heavy atom. The van der Waals surface area contributed by atoms with Crippen molar-refractivity contribution in [2.75, 3.05) is 13.1 Å². The summed E-state index contributed by atoms with van der Waals surface area (Å²) in [7, 11) is -3.98. The Morgan fingerprint density at radius 1 is 1.03 bits per heavy atom. The van der Waals surface area contributed by atoms with Gasteiger partial charge in [0.2, 0.25) is 5.91 Å². The first-order chi connectivity index (χ1) is 15.2. The van der Waals surface area contributed by atoms with Gasteiger partial charge in [0, 0.05) is 24.7 Å². The van der Waals surface area contributed by atoms with E-state index in [-0.39, 0.29) is 28.4 Å². The summed E-state index contributed by atoms with van der Waals surface area (Å²) in [6.45, 7) is 4.54. The first kappa shape index (κ1) is 22.3. The van der Waals surface area contributed by atoms with Gasteiger partial charge in [-0.05, 0) is 81.0 Å². The molecule has 1 heterocycles. The molecule has 2 fully saturated rings. The second-order valence-corrected chi connectivity index (χ2v) is 10.2. The standard InChI is InChI=1S/C24H28N2O5S/c1-16-5-6-17(2)22(14-16)32(29,30)31-21-11-7-18(8-12-21)24(28)26-13-3-4-19(15-26)23(27)25-20-9-10-20/h5-8,11-12,14,19-20H,3-4,9-10,13,15H2,1-2H3,(H,25,27). The topological polar surface area (TPSA) is 92.8 Å². The van der Waals surface area contributed by atoms with E-state index in [9.17, 15) is 18.0 Å². The van der Waals surface area contributed by atoms with Crippen LogP contribution in [0.1, 0.15) is 47.2 Å². The maximum atomic E-state index is 12.9. The highest BCUT2D eigenvalue weighted by atomic mass is 32.2. The van der Waals surface area contributed by atoms with Crippen molar-refractivity contribution in [3.8, 4) is 5.75 Å². The van der Waals surface area contributed by atoms with Crippen LogP contribution in [0.4, 0.5) is 0 Å². The van der Waals surface area contributed by atoms with Crippen molar-refractivity contribution in [3.05, 3.63) is 59.2 Å². The normalized spacial score (nSPS) is 18.8. The molecule has 1 aliphatic carbocycles. The number of piperidine rings is 1. The molecule has 2 aromatic carbocycles. The summed E-state index contributed by atoms with van der Waals surface area (Å²) in [5.41, 5.74) is 1.86. The van der Waals surface area contributed by atoms with E-state index in [4.69, 9.17) is 4.18 Å². The van der Waals surface area contributed by atoms with Crippen LogP contribution in [0.15, 0.2) is 47.4 Å². The van der Waals surface area contributed by atoms with Crippen LogP contribution in [0.2, 0.25) is 0 Å². The van der Waals surface area contributed by atoms with Crippen molar-refractivity contribution in [2.24, 2.45) is 5.92 Å². The lowest BCUT2D eigenvalue weighted by molar-refractivity contribution is -0.126. The van der Waals surface area contributed by atoms with Crippen LogP contribution in [0.5, 0.6) is 5.75 Å². The number of hydrogen-bond acceptors (Lipinski definition) is 5. The summed E-state index contributed by atoms with van der Waals surface area (Å²) in [4.78, 5) is 27.1. The van der Waals surface area contributed by atoms with Crippen molar-refractivity contribution in [2.45, 2.75) is 50.5 Å². The third kappa shape index (κ3) is 5.12. The molecule has 1 aliphatic heterocycles. The number of hydrogen-bond donors (Lipinski definition) is 1. The lowest BCUT2D eigenvalue weighted by Gasteiger charge is -2.32. The van der Waals surface area contributed by atoms with E-state index in [0.717, 1.165) is 31.2 Å². The van der Waals surface area contributed by atoms with Gasteiger partial charge in [0.25, 0.3) is 5.91 Å². The van der Waals surface area contributed by atoms with Crippen LogP contribution >= 0.6 is 0 Å². The molecule has 2 aliphatic rings. The molecule has 1 unspecified atom stereocenters. The molecule has 0 radical (unpaired) electrons. The molecule has 0 spiro atoms. The Labute approximate surface area is 188 Å². The second kappa shape index (κ2) is 8.94. The number of likely N-dealkylation sites (tertiary alicyclic amines) is 1. The number of carbonyl (C=O) groups is 2. The molecule has 2 aromatic rings. The predicted molar refractivity (Wildman–Crippen MR) is 120 cm³/mol. The van der Waals surface area contributed by atoms with E-state index < -0.39 is 10.1 Å². The summed E-state index contributed by atoms with van der Waals surface area (Å²) in [6.07, 6.45) is 3.64. The number of nitrogens with one attached hydrogen (secondary N) is 1. The molecule has 2 amide bonds. The van der Waals surface area contributed by atoms with Crippen LogP contribution in [0.25, 0.3) is 0 Å². The Morgan fingerprint density at radius 2 is 1.75 bits per heavy atom. The summed E-state index contributed by atoms with van der Waals surface area (Å²) < 4.78 is 30.7. The van der Waals surface area contributed by atoms with Gasteiger partial charge in [-0.25, -0.2) is 0 Å². The van der Waals surface area contributed by atoms with Crippen LogP contribution in [0, 0.1) is 19.8 Å². The molecule has 170 valence electrons. The Balaban J connectivity index is 1.42. The molecule has 1 N–H and O–H groups in total. The zero-order chi connectivity index (χ0) is 22.9. The van der Waals surface area contributed by atoms with E-state index >= 15 is 0 Å². The van der Waals surface area contributed by atoms with Crippen LogP contribution in [-0.2, 0) is 14.9 Å². The average Bonchev–Trinajstić information content (AvgIpc) is 3.59. The quantitative estimate of drug-likeness (QED) is 0.674. The van der Waals surface area contributed by atoms with Crippen LogP contribution in [0.3, 0.4) is 0 Å². The maximum Gasteiger partial charge on any atom is 0.339 e. The predicted octanol–water partition coefficient (Wildman–Crippen LogP) is 3.20. The van der Waals surface area contributed by atoms with Gasteiger partial charge in [0.05, 0.1) is 5.92 Å². The fourth-order valence-corrected chi connectivity index (χ4v) is 5.15. The third-order valence-electron chi connectivity index (χ3n) is 5.92. The van der Waals surface area contributed by atoms with Gasteiger partial charge in [0.15, 0.2) is 0 Å². The second-order valence-electron chi connectivity index (χ2n) is 8.70. The van der Waals surface area contributed by atoms with E-state index in [1.54, 1.807) is 36.1 Å². The summed E-state index contributed by atoms with van der Waals surface area (Å²) in [6, 6.07) is 11.6. The highest BCUT2D eigenvalue weighted by molar-refractivity contribution is 7.87. The van der Waals surface area contributed by atoms with Crippen molar-refractivity contribution in [1.29, 1.82) is 0 Å². The lowest BCUT2D eigenvalue weighted by atomic mass is 9.96. The minimum atomic E-state index is -3.98. The molecule has 0 aromatic heterocycles. The number of carbonyl (C=O) groups excluding carboxylic acids is 2. The minimum absolute atomic E-state index is 0.0328. The molecule has 32 heavy (non-hydrogen) atoms. The fourth-order valence-electron chi connectivity index (χ4n) is 3.91. The van der Waals surface area contributed by atoms with Gasteiger partial charge in [-0.15, -0.1) is 0 Å². The number of nitrogens with zero attached hydrogens (tertiary/aromatic N) is 1. The largest absolute Gasteiger partial charge is 0.379 e. The smallest absolute Gasteiger partial charge is 0.339 e. The summed E-state index contributed by atoms with van der Waals surface area (Å²) in [5, 5.41) is 3.02. The van der Waals surface area contributed by atoms with E-state index in [1.165, 1.54) is 12.1 Å². The Bertz CT molecular complexity index is 1120. The average molecular weight is 457 g/mol. The highest BCUT2D eigenvalue weighted by Crippen LogP contribution is 2.25. The number of aryl methyl sites for hydroxylation is 2. The molecular formula is C24H28N2O5S. The first-order valence-corrected chi connectivity index (χ1v) is 12.4. The van der Waals surface area contributed by atoms with Gasteiger partial charge in [-0.2, -0.15) is 8.42 Å². The summed E-state index contributed by atoms with van der Waals surface area (Å²) >= 11 is 0. The molecule has 1 saturated carbocycles. The van der Waals surface area contributed by atoms with Crippen molar-refractivity contribution in [3.63, 3.8) is 0 Å². The summed E-state index contributed by atoms with van der Waals surface area (Å²) in [5.74, 6) is -0.176. The van der Waals surface area contributed by atoms with Gasteiger partial charge in [0.1, 0.15) is 10.6 Å². The molecule has 0 bridgehead atoms. The maximum absolute atomic E-state index is 12.9. The van der Waals surface area contributed by atoms with Crippen LogP contribution in [-0.4, -0.2) is 44.3 Å². The third-order valence-corrected chi connectivity index (χ3v) is 7.31. The minimum Gasteiger partial charge on any atom is -0.379 e. The number of benzene rings is 2. The van der Waals surface area contributed by atoms with E-state index in [2.05, 4.69) is 5.32 Å². The van der Waals surface area contributed by atoms with Crippen molar-refractivity contribution < 1.29 is 22.2 Å². The molecule has 4 rings (SSSR count). The van der Waals surface area contributed by atoms with Gasteiger partial charge in [-0.3, -0.25) is 9.59 Å². The first-order valence-electron chi connectivity index (χ1n) is 10.9. The molecule has 7 nitrogen and oxygen atoms in total. The monoisotopic (exact) mass is 456 g/mol. The van der Waals surface area contributed by atoms with Gasteiger partial charge >= 0.3 is 10.1 Å². The molecular weight excluding hydrogens is 428 g/mol. The molecule has 1 atom stereocenters. The highest BCUT2D eigenvalue weighted by Gasteiger charge is 2.32. The number of rotatable bonds is 6. The lowest BCUT2D eigenvalue weighted by Crippen LogP contribution is -2.45. The van der Waals surface area contributed by atoms with Crippen molar-refractivity contribution >= 4 is 21.9 Å². The fraction of sp³-hybridized carbons (Fsp3) is 0.417. The van der Waals surface area contributed by atoms with Gasteiger partial charge in [-0.1, -0.05) is 12.1 Å². The van der Waals surface area contributed by atoms with Crippen molar-refractivity contribution in [1.82, 2.24) is 10.2 Å². The number of amides is 2.